The van der Waals surface area contributed by atoms with Crippen molar-refractivity contribution in [2.45, 2.75) is 0 Å². The van der Waals surface area contributed by atoms with Crippen LogP contribution in [0.5, 0.6) is 0 Å². The summed E-state index contributed by atoms with van der Waals surface area (Å²) in [5.41, 5.74) is 0.560. The van der Waals surface area contributed by atoms with Gasteiger partial charge < -0.3 is 12.4 Å². The number of halogens is 2. The average Bonchev–Trinajstić information content (AvgIpc) is 1.88. The minimum Gasteiger partial charge on any atom is -1.00 e. The van der Waals surface area contributed by atoms with Gasteiger partial charge in [0.1, 0.15) is 0 Å². The van der Waals surface area contributed by atoms with Gasteiger partial charge in [0.2, 0.25) is 5.39 Å². The molecular formula is C6H4BrClN2. The number of hydrogen-bond donors (Lipinski definition) is 0. The molecule has 1 aromatic rings. The van der Waals surface area contributed by atoms with Crippen LogP contribution in [0.4, 0.5) is 5.69 Å². The van der Waals surface area contributed by atoms with Crippen molar-refractivity contribution in [2.24, 2.45) is 0 Å². The highest BCUT2D eigenvalue weighted by Crippen LogP contribution is 2.17. The second-order valence-corrected chi connectivity index (χ2v) is 2.50. The molecule has 10 heavy (non-hydrogen) atoms. The Kier molecular flexibility index (Phi) is 4.01. The highest BCUT2D eigenvalue weighted by molar-refractivity contribution is 9.10. The van der Waals surface area contributed by atoms with Crippen LogP contribution in [0.15, 0.2) is 28.7 Å². The van der Waals surface area contributed by atoms with E-state index in [-0.39, 0.29) is 12.4 Å². The zero-order valence-corrected chi connectivity index (χ0v) is 7.30. The summed E-state index contributed by atoms with van der Waals surface area (Å²) in [5, 5.41) is 8.27. The maximum atomic E-state index is 8.27. The van der Waals surface area contributed by atoms with Crippen LogP contribution in [0, 0.1) is 5.39 Å². The van der Waals surface area contributed by atoms with Crippen molar-refractivity contribution in [3.8, 4) is 0 Å². The molecule has 0 bridgehead atoms. The normalized spacial score (nSPS) is 7.60. The standard InChI is InChI=1S/C6H4BrN2.ClH/c7-5-2-1-3-6(4-5)9-8;/h1-4H;1H/q+1;/p-1. The van der Waals surface area contributed by atoms with Gasteiger partial charge in [-0.15, -0.1) is 0 Å². The molecule has 0 fully saturated rings. The maximum Gasteiger partial charge on any atom is 0.386 e. The van der Waals surface area contributed by atoms with Gasteiger partial charge in [-0.25, -0.2) is 0 Å². The molecule has 0 unspecified atom stereocenters. The fourth-order valence-electron chi connectivity index (χ4n) is 0.538. The van der Waals surface area contributed by atoms with E-state index in [4.69, 9.17) is 5.39 Å². The monoisotopic (exact) mass is 218 g/mol. The molecule has 0 spiro atoms. The largest absolute Gasteiger partial charge is 1.00 e. The lowest BCUT2D eigenvalue weighted by atomic mass is 10.3. The Balaban J connectivity index is 0.000000810. The van der Waals surface area contributed by atoms with Gasteiger partial charge in [0.15, 0.2) is 4.98 Å². The van der Waals surface area contributed by atoms with E-state index < -0.39 is 0 Å². The van der Waals surface area contributed by atoms with Crippen LogP contribution in [0.2, 0.25) is 0 Å². The minimum atomic E-state index is 0. The summed E-state index contributed by atoms with van der Waals surface area (Å²) < 4.78 is 0.915. The van der Waals surface area contributed by atoms with Crippen LogP contribution in [0.1, 0.15) is 0 Å². The third kappa shape index (κ3) is 2.34. The molecule has 4 heteroatoms. The second-order valence-electron chi connectivity index (χ2n) is 1.58. The molecule has 0 amide bonds. The quantitative estimate of drug-likeness (QED) is 0.562. The van der Waals surface area contributed by atoms with Gasteiger partial charge in [0, 0.05) is 16.6 Å². The van der Waals surface area contributed by atoms with E-state index in [9.17, 15) is 0 Å². The van der Waals surface area contributed by atoms with Crippen LogP contribution in [-0.2, 0) is 0 Å². The topological polar surface area (TPSA) is 28.1 Å². The molecule has 0 saturated carbocycles. The van der Waals surface area contributed by atoms with Crippen molar-refractivity contribution in [1.29, 1.82) is 5.39 Å². The second kappa shape index (κ2) is 4.26. The first-order valence-corrected chi connectivity index (χ1v) is 3.23. The fraction of sp³-hybridized carbons (Fsp3) is 0. The first-order valence-electron chi connectivity index (χ1n) is 2.43. The molecule has 0 aliphatic heterocycles. The first kappa shape index (κ1) is 9.41. The average molecular weight is 219 g/mol. The third-order valence-electron chi connectivity index (χ3n) is 0.924. The minimum absolute atomic E-state index is 0. The Morgan fingerprint density at radius 3 is 2.50 bits per heavy atom. The van der Waals surface area contributed by atoms with Crippen LogP contribution in [0.3, 0.4) is 0 Å². The molecule has 0 aliphatic carbocycles. The molecular weight excluding hydrogens is 215 g/mol. The van der Waals surface area contributed by atoms with Crippen LogP contribution in [0.25, 0.3) is 4.98 Å². The maximum absolute atomic E-state index is 8.27. The first-order chi connectivity index (χ1) is 4.33. The molecule has 1 aromatic carbocycles. The molecule has 0 aliphatic rings. The van der Waals surface area contributed by atoms with Gasteiger partial charge in [-0.1, -0.05) is 22.0 Å². The summed E-state index contributed by atoms with van der Waals surface area (Å²) in [4.78, 5) is 3.00. The van der Waals surface area contributed by atoms with Crippen LogP contribution in [-0.4, -0.2) is 0 Å². The molecule has 2 nitrogen and oxygen atoms in total. The molecule has 0 radical (unpaired) electrons. The summed E-state index contributed by atoms with van der Waals surface area (Å²) in [7, 11) is 0. The van der Waals surface area contributed by atoms with Crippen molar-refractivity contribution in [3.63, 3.8) is 0 Å². The van der Waals surface area contributed by atoms with Crippen molar-refractivity contribution >= 4 is 21.6 Å². The van der Waals surface area contributed by atoms with Gasteiger partial charge in [-0.2, -0.15) is 0 Å². The highest BCUT2D eigenvalue weighted by atomic mass is 79.9. The van der Waals surface area contributed by atoms with E-state index in [0.717, 1.165) is 4.47 Å². The fourth-order valence-corrected chi connectivity index (χ4v) is 0.925. The lowest BCUT2D eigenvalue weighted by molar-refractivity contribution is -0.00000193. The molecule has 52 valence electrons. The molecule has 0 atom stereocenters. The van der Waals surface area contributed by atoms with E-state index in [1.807, 2.05) is 6.07 Å². The molecule has 0 heterocycles. The van der Waals surface area contributed by atoms with Crippen molar-refractivity contribution in [2.75, 3.05) is 0 Å². The predicted octanol–water partition coefficient (Wildman–Crippen LogP) is -0.0623. The van der Waals surface area contributed by atoms with Crippen LogP contribution >= 0.6 is 15.9 Å². The molecule has 0 saturated heterocycles. The van der Waals surface area contributed by atoms with E-state index in [2.05, 4.69) is 20.9 Å². The summed E-state index contributed by atoms with van der Waals surface area (Å²) in [6.07, 6.45) is 0. The number of hydrogen-bond acceptors (Lipinski definition) is 1. The number of benzene rings is 1. The number of diazo groups is 1. The zero-order valence-electron chi connectivity index (χ0n) is 4.96. The Labute approximate surface area is 73.4 Å². The Hall–Kier alpha value is -0.590. The van der Waals surface area contributed by atoms with E-state index in [0.29, 0.717) is 5.69 Å². The van der Waals surface area contributed by atoms with Gasteiger partial charge in [-0.05, 0) is 6.07 Å². The van der Waals surface area contributed by atoms with Crippen molar-refractivity contribution in [1.82, 2.24) is 0 Å². The van der Waals surface area contributed by atoms with Crippen molar-refractivity contribution < 1.29 is 12.4 Å². The molecule has 0 N–H and O–H groups in total. The summed E-state index contributed by atoms with van der Waals surface area (Å²) in [6, 6.07) is 7.11. The summed E-state index contributed by atoms with van der Waals surface area (Å²) >= 11 is 3.23. The Morgan fingerprint density at radius 2 is 2.10 bits per heavy atom. The third-order valence-corrected chi connectivity index (χ3v) is 1.42. The summed E-state index contributed by atoms with van der Waals surface area (Å²) in [6.45, 7) is 0. The SMILES string of the molecule is N#[N+]c1cccc(Br)c1.[Cl-]. The summed E-state index contributed by atoms with van der Waals surface area (Å²) in [5.74, 6) is 0. The van der Waals surface area contributed by atoms with Gasteiger partial charge in [0.05, 0.1) is 0 Å². The zero-order chi connectivity index (χ0) is 6.69. The molecule has 1 rings (SSSR count). The Bertz CT molecular complexity index is 256. The van der Waals surface area contributed by atoms with E-state index >= 15 is 0 Å². The molecule has 0 aromatic heterocycles. The van der Waals surface area contributed by atoms with Gasteiger partial charge >= 0.3 is 5.69 Å². The van der Waals surface area contributed by atoms with E-state index in [1.54, 1.807) is 18.2 Å². The van der Waals surface area contributed by atoms with E-state index in [1.165, 1.54) is 0 Å². The predicted molar refractivity (Wildman–Crippen MR) is 38.9 cm³/mol. The Morgan fingerprint density at radius 1 is 1.40 bits per heavy atom. The van der Waals surface area contributed by atoms with Gasteiger partial charge in [0.25, 0.3) is 0 Å². The number of nitrogens with zero attached hydrogens (tertiary/aromatic N) is 2. The van der Waals surface area contributed by atoms with Crippen molar-refractivity contribution in [3.05, 3.63) is 33.7 Å². The smallest absolute Gasteiger partial charge is 0.386 e. The lowest BCUT2D eigenvalue weighted by Gasteiger charge is -1.79. The number of rotatable bonds is 0. The highest BCUT2D eigenvalue weighted by Gasteiger charge is 2.00. The van der Waals surface area contributed by atoms with Gasteiger partial charge in [-0.3, -0.25) is 0 Å². The van der Waals surface area contributed by atoms with Crippen LogP contribution < -0.4 is 12.4 Å². The lowest BCUT2D eigenvalue weighted by Crippen LogP contribution is -3.00.